The Morgan fingerprint density at radius 1 is 1.18 bits per heavy atom. The number of benzene rings is 2. The first-order valence-electron chi connectivity index (χ1n) is 10.3. The Hall–Kier alpha value is -3.85. The summed E-state index contributed by atoms with van der Waals surface area (Å²) in [5.41, 5.74) is 3.00. The minimum Gasteiger partial charge on any atom is -0.463 e. The maximum atomic E-state index is 13.5. The summed E-state index contributed by atoms with van der Waals surface area (Å²) in [6.45, 7) is 5.64. The molecule has 1 aromatic heterocycles. The molecule has 0 spiro atoms. The van der Waals surface area contributed by atoms with Gasteiger partial charge in [0.25, 0.3) is 11.2 Å². The zero-order chi connectivity index (χ0) is 23.7. The van der Waals surface area contributed by atoms with Crippen LogP contribution in [0.2, 0.25) is 0 Å². The van der Waals surface area contributed by atoms with Crippen LogP contribution in [-0.4, -0.2) is 22.1 Å². The lowest BCUT2D eigenvalue weighted by Crippen LogP contribution is -2.39. The second kappa shape index (κ2) is 8.95. The molecule has 0 N–H and O–H groups in total. The lowest BCUT2D eigenvalue weighted by atomic mass is 9.95. The molecule has 1 aliphatic rings. The largest absolute Gasteiger partial charge is 0.463 e. The maximum absolute atomic E-state index is 13.5. The van der Waals surface area contributed by atoms with Crippen LogP contribution < -0.4 is 14.9 Å². The van der Waals surface area contributed by atoms with Crippen LogP contribution in [0, 0.1) is 17.0 Å². The molecule has 1 unspecified atom stereocenters. The van der Waals surface area contributed by atoms with Gasteiger partial charge in [-0.15, -0.1) is 0 Å². The molecule has 33 heavy (non-hydrogen) atoms. The predicted molar refractivity (Wildman–Crippen MR) is 125 cm³/mol. The van der Waals surface area contributed by atoms with Gasteiger partial charge in [-0.1, -0.05) is 41.2 Å². The molecule has 0 saturated carbocycles. The van der Waals surface area contributed by atoms with E-state index in [2.05, 4.69) is 4.99 Å². The second-order valence-electron chi connectivity index (χ2n) is 7.56. The Morgan fingerprint density at radius 3 is 2.45 bits per heavy atom. The van der Waals surface area contributed by atoms with Gasteiger partial charge in [-0.05, 0) is 50.1 Å². The second-order valence-corrected chi connectivity index (χ2v) is 8.57. The summed E-state index contributed by atoms with van der Waals surface area (Å²) in [6, 6.07) is 12.9. The molecule has 3 aromatic rings. The Balaban J connectivity index is 1.90. The van der Waals surface area contributed by atoms with Crippen molar-refractivity contribution in [2.45, 2.75) is 26.8 Å². The molecule has 0 aliphatic carbocycles. The number of thiazole rings is 1. The standard InChI is InChI=1S/C24H21N3O5S/c1-4-32-23(29)20-15(3)25-24-26(21(20)17-9-5-14(2)6-10-17)22(28)19(33-24)13-16-7-11-18(12-8-16)27(30)31/h5-13,21H,4H2,1-3H3/b19-13+. The first-order valence-corrected chi connectivity index (χ1v) is 11.1. The van der Waals surface area contributed by atoms with Gasteiger partial charge in [0.2, 0.25) is 0 Å². The molecule has 0 amide bonds. The first-order chi connectivity index (χ1) is 15.8. The van der Waals surface area contributed by atoms with Gasteiger partial charge in [0.05, 0.1) is 33.4 Å². The number of esters is 1. The van der Waals surface area contributed by atoms with Crippen molar-refractivity contribution in [2.75, 3.05) is 6.61 Å². The van der Waals surface area contributed by atoms with Gasteiger partial charge >= 0.3 is 5.97 Å². The maximum Gasteiger partial charge on any atom is 0.338 e. The number of nitro benzene ring substituents is 1. The van der Waals surface area contributed by atoms with E-state index in [-0.39, 0.29) is 17.9 Å². The van der Waals surface area contributed by atoms with E-state index in [1.165, 1.54) is 28.0 Å². The fourth-order valence-corrected chi connectivity index (χ4v) is 4.75. The number of carbonyl (C=O) groups is 1. The van der Waals surface area contributed by atoms with Crippen molar-refractivity contribution in [1.82, 2.24) is 4.57 Å². The molecule has 4 rings (SSSR count). The number of hydrogen-bond donors (Lipinski definition) is 0. The van der Waals surface area contributed by atoms with Gasteiger partial charge in [0.15, 0.2) is 4.80 Å². The highest BCUT2D eigenvalue weighted by molar-refractivity contribution is 7.07. The van der Waals surface area contributed by atoms with Gasteiger partial charge in [-0.3, -0.25) is 19.5 Å². The molecular weight excluding hydrogens is 442 g/mol. The average molecular weight is 464 g/mol. The van der Waals surface area contributed by atoms with E-state index in [4.69, 9.17) is 4.74 Å². The summed E-state index contributed by atoms with van der Waals surface area (Å²) in [7, 11) is 0. The molecule has 1 aliphatic heterocycles. The van der Waals surface area contributed by atoms with E-state index in [1.807, 2.05) is 31.2 Å². The molecule has 168 valence electrons. The highest BCUT2D eigenvalue weighted by Crippen LogP contribution is 2.30. The lowest BCUT2D eigenvalue weighted by molar-refractivity contribution is -0.384. The molecule has 0 saturated heterocycles. The number of nitro groups is 1. The van der Waals surface area contributed by atoms with Crippen molar-refractivity contribution in [3.63, 3.8) is 0 Å². The zero-order valence-corrected chi connectivity index (χ0v) is 19.1. The molecule has 0 bridgehead atoms. The van der Waals surface area contributed by atoms with Crippen LogP contribution in [0.4, 0.5) is 5.69 Å². The number of aryl methyl sites for hydroxylation is 1. The normalized spacial score (nSPS) is 15.7. The molecule has 0 radical (unpaired) electrons. The Kier molecular flexibility index (Phi) is 6.06. The fraction of sp³-hybridized carbons (Fsp3) is 0.208. The van der Waals surface area contributed by atoms with E-state index in [0.717, 1.165) is 11.1 Å². The number of non-ortho nitro benzene ring substituents is 1. The Morgan fingerprint density at radius 2 is 1.85 bits per heavy atom. The van der Waals surface area contributed by atoms with E-state index in [0.29, 0.717) is 26.2 Å². The van der Waals surface area contributed by atoms with E-state index in [1.54, 1.807) is 32.1 Å². The highest BCUT2D eigenvalue weighted by atomic mass is 32.1. The molecule has 1 atom stereocenters. The minimum absolute atomic E-state index is 0.0253. The Bertz CT molecular complexity index is 1450. The van der Waals surface area contributed by atoms with Crippen molar-refractivity contribution in [3.05, 3.63) is 106 Å². The molecule has 8 nitrogen and oxygen atoms in total. The average Bonchev–Trinajstić information content (AvgIpc) is 3.08. The number of aromatic nitrogens is 1. The van der Waals surface area contributed by atoms with Crippen LogP contribution in [0.15, 0.2) is 69.6 Å². The van der Waals surface area contributed by atoms with Crippen LogP contribution in [0.1, 0.15) is 36.6 Å². The van der Waals surface area contributed by atoms with E-state index >= 15 is 0 Å². The molecule has 9 heteroatoms. The molecule has 2 aromatic carbocycles. The third-order valence-electron chi connectivity index (χ3n) is 5.31. The van der Waals surface area contributed by atoms with Crippen molar-refractivity contribution in [1.29, 1.82) is 0 Å². The van der Waals surface area contributed by atoms with Crippen LogP contribution in [0.25, 0.3) is 6.08 Å². The minimum atomic E-state index is -0.667. The van der Waals surface area contributed by atoms with Crippen LogP contribution >= 0.6 is 11.3 Å². The van der Waals surface area contributed by atoms with Crippen molar-refractivity contribution in [2.24, 2.45) is 4.99 Å². The van der Waals surface area contributed by atoms with Crippen LogP contribution in [-0.2, 0) is 9.53 Å². The van der Waals surface area contributed by atoms with Crippen molar-refractivity contribution >= 4 is 29.1 Å². The number of ether oxygens (including phenoxy) is 1. The Labute approximate surface area is 192 Å². The predicted octanol–water partition coefficient (Wildman–Crippen LogP) is 3.01. The molecule has 2 heterocycles. The van der Waals surface area contributed by atoms with Crippen LogP contribution in [0.3, 0.4) is 0 Å². The van der Waals surface area contributed by atoms with E-state index < -0.39 is 16.9 Å². The third kappa shape index (κ3) is 4.27. The topological polar surface area (TPSA) is 104 Å². The summed E-state index contributed by atoms with van der Waals surface area (Å²) in [5.74, 6) is -0.506. The first kappa shape index (κ1) is 22.3. The highest BCUT2D eigenvalue weighted by Gasteiger charge is 2.33. The molecular formula is C24H21N3O5S. The summed E-state index contributed by atoms with van der Waals surface area (Å²) < 4.78 is 7.22. The monoisotopic (exact) mass is 463 g/mol. The molecule has 0 fully saturated rings. The number of nitrogens with zero attached hydrogens (tertiary/aromatic N) is 3. The number of carbonyl (C=O) groups excluding carboxylic acids is 1. The number of fused-ring (bicyclic) bond motifs is 1. The SMILES string of the molecule is CCOC(=O)C1=C(C)N=c2s/c(=C/c3ccc([N+](=O)[O-])cc3)c(=O)n2C1c1ccc(C)cc1. The number of allylic oxidation sites excluding steroid dienone is 1. The summed E-state index contributed by atoms with van der Waals surface area (Å²) in [6.07, 6.45) is 1.67. The van der Waals surface area contributed by atoms with Gasteiger partial charge in [0, 0.05) is 12.1 Å². The summed E-state index contributed by atoms with van der Waals surface area (Å²) in [5, 5.41) is 10.9. The van der Waals surface area contributed by atoms with Gasteiger partial charge < -0.3 is 4.74 Å². The quantitative estimate of drug-likeness (QED) is 0.329. The van der Waals surface area contributed by atoms with Gasteiger partial charge in [-0.2, -0.15) is 0 Å². The van der Waals surface area contributed by atoms with Crippen LogP contribution in [0.5, 0.6) is 0 Å². The van der Waals surface area contributed by atoms with E-state index in [9.17, 15) is 19.7 Å². The fourth-order valence-electron chi connectivity index (χ4n) is 3.70. The smallest absolute Gasteiger partial charge is 0.338 e. The third-order valence-corrected chi connectivity index (χ3v) is 6.29. The number of rotatable bonds is 5. The van der Waals surface area contributed by atoms with Crippen molar-refractivity contribution in [3.8, 4) is 0 Å². The summed E-state index contributed by atoms with van der Waals surface area (Å²) in [4.78, 5) is 41.8. The number of hydrogen-bond acceptors (Lipinski definition) is 7. The van der Waals surface area contributed by atoms with Gasteiger partial charge in [0.1, 0.15) is 0 Å². The zero-order valence-electron chi connectivity index (χ0n) is 18.3. The lowest BCUT2D eigenvalue weighted by Gasteiger charge is -2.24. The van der Waals surface area contributed by atoms with Gasteiger partial charge in [-0.25, -0.2) is 9.79 Å². The summed E-state index contributed by atoms with van der Waals surface area (Å²) >= 11 is 1.21. The van der Waals surface area contributed by atoms with Crippen molar-refractivity contribution < 1.29 is 14.5 Å².